The minimum absolute atomic E-state index is 0.766. The molecule has 96 valence electrons. The van der Waals surface area contributed by atoms with Gasteiger partial charge in [-0.15, -0.1) is 0 Å². The number of nitrogens with one attached hydrogen (secondary N) is 1. The van der Waals surface area contributed by atoms with Crippen molar-refractivity contribution in [2.45, 2.75) is 33.7 Å². The normalized spacial score (nSPS) is 10.8. The van der Waals surface area contributed by atoms with Gasteiger partial charge in [0.2, 0.25) is 0 Å². The average Bonchev–Trinajstić information content (AvgIpc) is 2.77. The van der Waals surface area contributed by atoms with Crippen molar-refractivity contribution in [2.24, 2.45) is 0 Å². The Hall–Kier alpha value is -1.61. The summed E-state index contributed by atoms with van der Waals surface area (Å²) in [5, 5.41) is 7.40. The minimum atomic E-state index is 0.766. The number of hydrogen-bond acceptors (Lipinski definition) is 3. The molecule has 0 radical (unpaired) electrons. The minimum Gasteiger partial charge on any atom is -0.356 e. The molecule has 0 atom stereocenters. The lowest BCUT2D eigenvalue weighted by Gasteiger charge is -2.00. The first kappa shape index (κ1) is 12.8. The van der Waals surface area contributed by atoms with E-state index >= 15 is 0 Å². The van der Waals surface area contributed by atoms with Crippen LogP contribution in [0, 0.1) is 13.8 Å². The average molecular weight is 244 g/mol. The van der Waals surface area contributed by atoms with Gasteiger partial charge in [0.05, 0.1) is 5.69 Å². The van der Waals surface area contributed by atoms with Crippen LogP contribution < -0.4 is 5.32 Å². The highest BCUT2D eigenvalue weighted by atomic mass is 16.5. The molecule has 0 aliphatic rings. The van der Waals surface area contributed by atoms with Gasteiger partial charge in [-0.25, -0.2) is 0 Å². The van der Waals surface area contributed by atoms with Crippen molar-refractivity contribution in [1.29, 1.82) is 0 Å². The first-order valence-electron chi connectivity index (χ1n) is 6.44. The van der Waals surface area contributed by atoms with Crippen molar-refractivity contribution in [2.75, 3.05) is 6.54 Å². The van der Waals surface area contributed by atoms with E-state index < -0.39 is 0 Å². The standard InChI is InChI=1S/C15H20N2O/c1-4-5-16-10-14-9-15(18-17-14)13-7-11(2)6-12(3)8-13/h6-9,16H,4-5,10H2,1-3H3. The van der Waals surface area contributed by atoms with Gasteiger partial charge in [-0.05, 0) is 38.9 Å². The Labute approximate surface area is 108 Å². The Morgan fingerprint density at radius 1 is 1.11 bits per heavy atom. The van der Waals surface area contributed by atoms with E-state index in [0.29, 0.717) is 0 Å². The lowest BCUT2D eigenvalue weighted by molar-refractivity contribution is 0.420. The zero-order valence-corrected chi connectivity index (χ0v) is 11.3. The number of benzene rings is 1. The fraction of sp³-hybridized carbons (Fsp3) is 0.400. The van der Waals surface area contributed by atoms with Crippen LogP contribution in [0.2, 0.25) is 0 Å². The Morgan fingerprint density at radius 2 is 1.83 bits per heavy atom. The third-order valence-corrected chi connectivity index (χ3v) is 2.80. The van der Waals surface area contributed by atoms with E-state index in [1.807, 2.05) is 6.07 Å². The van der Waals surface area contributed by atoms with Crippen molar-refractivity contribution in [1.82, 2.24) is 10.5 Å². The van der Waals surface area contributed by atoms with Gasteiger partial charge < -0.3 is 9.84 Å². The van der Waals surface area contributed by atoms with Gasteiger partial charge in [0.1, 0.15) is 0 Å². The fourth-order valence-corrected chi connectivity index (χ4v) is 2.04. The number of aromatic nitrogens is 1. The van der Waals surface area contributed by atoms with Gasteiger partial charge >= 0.3 is 0 Å². The molecule has 1 aromatic carbocycles. The molecule has 0 saturated carbocycles. The predicted octanol–water partition coefficient (Wildman–Crippen LogP) is 3.46. The molecular weight excluding hydrogens is 224 g/mol. The van der Waals surface area contributed by atoms with Crippen LogP contribution in [-0.2, 0) is 6.54 Å². The first-order chi connectivity index (χ1) is 8.69. The van der Waals surface area contributed by atoms with E-state index in [-0.39, 0.29) is 0 Å². The summed E-state index contributed by atoms with van der Waals surface area (Å²) in [4.78, 5) is 0. The van der Waals surface area contributed by atoms with Gasteiger partial charge in [-0.3, -0.25) is 0 Å². The zero-order valence-electron chi connectivity index (χ0n) is 11.3. The molecule has 18 heavy (non-hydrogen) atoms. The van der Waals surface area contributed by atoms with Crippen molar-refractivity contribution in [3.63, 3.8) is 0 Å². The summed E-state index contributed by atoms with van der Waals surface area (Å²) in [6.45, 7) is 8.11. The van der Waals surface area contributed by atoms with Crippen LogP contribution >= 0.6 is 0 Å². The number of rotatable bonds is 5. The van der Waals surface area contributed by atoms with E-state index in [9.17, 15) is 0 Å². The monoisotopic (exact) mass is 244 g/mol. The molecule has 0 fully saturated rings. The Bertz CT molecular complexity index is 497. The van der Waals surface area contributed by atoms with Crippen LogP contribution in [0.3, 0.4) is 0 Å². The van der Waals surface area contributed by atoms with Crippen LogP contribution in [0.5, 0.6) is 0 Å². The van der Waals surface area contributed by atoms with Crippen molar-refractivity contribution in [3.8, 4) is 11.3 Å². The maximum atomic E-state index is 5.40. The van der Waals surface area contributed by atoms with E-state index in [2.05, 4.69) is 49.4 Å². The fourth-order valence-electron chi connectivity index (χ4n) is 2.04. The molecule has 2 rings (SSSR count). The highest BCUT2D eigenvalue weighted by Gasteiger charge is 2.07. The Kier molecular flexibility index (Phi) is 4.15. The van der Waals surface area contributed by atoms with Crippen LogP contribution in [0.4, 0.5) is 0 Å². The molecule has 0 saturated heterocycles. The highest BCUT2D eigenvalue weighted by molar-refractivity contribution is 5.59. The van der Waals surface area contributed by atoms with Crippen LogP contribution in [0.1, 0.15) is 30.2 Å². The molecule has 0 amide bonds. The van der Waals surface area contributed by atoms with Crippen molar-refractivity contribution in [3.05, 3.63) is 41.1 Å². The van der Waals surface area contributed by atoms with Gasteiger partial charge in [-0.1, -0.05) is 29.3 Å². The third kappa shape index (κ3) is 3.20. The summed E-state index contributed by atoms with van der Waals surface area (Å²) in [7, 11) is 0. The van der Waals surface area contributed by atoms with E-state index in [1.165, 1.54) is 11.1 Å². The van der Waals surface area contributed by atoms with E-state index in [0.717, 1.165) is 36.5 Å². The molecule has 1 N–H and O–H groups in total. The molecule has 0 unspecified atom stereocenters. The van der Waals surface area contributed by atoms with Crippen LogP contribution in [0.25, 0.3) is 11.3 Å². The second kappa shape index (κ2) is 5.83. The molecule has 3 heteroatoms. The highest BCUT2D eigenvalue weighted by Crippen LogP contribution is 2.22. The summed E-state index contributed by atoms with van der Waals surface area (Å²) < 4.78 is 5.40. The van der Waals surface area contributed by atoms with Crippen LogP contribution in [-0.4, -0.2) is 11.7 Å². The zero-order chi connectivity index (χ0) is 13.0. The van der Waals surface area contributed by atoms with E-state index in [1.54, 1.807) is 0 Å². The third-order valence-electron chi connectivity index (χ3n) is 2.80. The molecule has 1 heterocycles. The van der Waals surface area contributed by atoms with Gasteiger partial charge in [-0.2, -0.15) is 0 Å². The molecule has 0 aliphatic heterocycles. The van der Waals surface area contributed by atoms with E-state index in [4.69, 9.17) is 4.52 Å². The smallest absolute Gasteiger partial charge is 0.167 e. The predicted molar refractivity (Wildman–Crippen MR) is 73.4 cm³/mol. The van der Waals surface area contributed by atoms with Crippen molar-refractivity contribution < 1.29 is 4.52 Å². The second-order valence-corrected chi connectivity index (χ2v) is 4.74. The SMILES string of the molecule is CCCNCc1cc(-c2cc(C)cc(C)c2)on1. The molecule has 0 bridgehead atoms. The lowest BCUT2D eigenvalue weighted by atomic mass is 10.1. The number of nitrogens with zero attached hydrogens (tertiary/aromatic N) is 1. The summed E-state index contributed by atoms with van der Waals surface area (Å²) in [5.41, 5.74) is 4.54. The topological polar surface area (TPSA) is 38.1 Å². The molecule has 0 aliphatic carbocycles. The molecular formula is C15H20N2O. The Morgan fingerprint density at radius 3 is 2.50 bits per heavy atom. The first-order valence-corrected chi connectivity index (χ1v) is 6.44. The largest absolute Gasteiger partial charge is 0.356 e. The summed E-state index contributed by atoms with van der Waals surface area (Å²) in [6.07, 6.45) is 1.13. The molecule has 1 aromatic heterocycles. The Balaban J connectivity index is 2.13. The second-order valence-electron chi connectivity index (χ2n) is 4.74. The summed E-state index contributed by atoms with van der Waals surface area (Å²) in [6, 6.07) is 8.41. The summed E-state index contributed by atoms with van der Waals surface area (Å²) in [5.74, 6) is 0.843. The maximum Gasteiger partial charge on any atom is 0.167 e. The number of aryl methyl sites for hydroxylation is 2. The van der Waals surface area contributed by atoms with Crippen molar-refractivity contribution >= 4 is 0 Å². The van der Waals surface area contributed by atoms with Gasteiger partial charge in [0.15, 0.2) is 5.76 Å². The molecule has 2 aromatic rings. The quantitative estimate of drug-likeness (QED) is 0.818. The molecule has 3 nitrogen and oxygen atoms in total. The maximum absolute atomic E-state index is 5.40. The number of hydrogen-bond donors (Lipinski definition) is 1. The van der Waals surface area contributed by atoms with Gasteiger partial charge in [0.25, 0.3) is 0 Å². The lowest BCUT2D eigenvalue weighted by Crippen LogP contribution is -2.13. The molecule has 0 spiro atoms. The van der Waals surface area contributed by atoms with Gasteiger partial charge in [0, 0.05) is 18.2 Å². The van der Waals surface area contributed by atoms with Crippen LogP contribution in [0.15, 0.2) is 28.8 Å². The summed E-state index contributed by atoms with van der Waals surface area (Å²) >= 11 is 0.